The van der Waals surface area contributed by atoms with Crippen LogP contribution in [-0.2, 0) is 14.6 Å². The van der Waals surface area contributed by atoms with Crippen molar-refractivity contribution in [2.75, 3.05) is 23.0 Å². The summed E-state index contributed by atoms with van der Waals surface area (Å²) in [7, 11) is -3.01. The largest absolute Gasteiger partial charge is 0.360 e. The molecule has 122 valence electrons. The molecule has 2 rings (SSSR count). The first-order chi connectivity index (χ1) is 10.3. The summed E-state index contributed by atoms with van der Waals surface area (Å²) in [4.78, 5) is 14.0. The van der Waals surface area contributed by atoms with Crippen LogP contribution in [0.2, 0.25) is 0 Å². The fourth-order valence-corrected chi connectivity index (χ4v) is 4.21. The van der Waals surface area contributed by atoms with Gasteiger partial charge in [-0.25, -0.2) is 12.8 Å². The molecular formula is C15H21FN2O3S. The molecule has 1 heterocycles. The second-order valence-corrected chi connectivity index (χ2v) is 8.09. The Hall–Kier alpha value is -1.63. The van der Waals surface area contributed by atoms with Crippen LogP contribution in [0.1, 0.15) is 20.3 Å². The van der Waals surface area contributed by atoms with Crippen LogP contribution in [0.4, 0.5) is 10.1 Å². The van der Waals surface area contributed by atoms with Crippen molar-refractivity contribution in [1.82, 2.24) is 5.32 Å². The molecule has 1 N–H and O–H groups in total. The van der Waals surface area contributed by atoms with Gasteiger partial charge in [-0.15, -0.1) is 0 Å². The summed E-state index contributed by atoms with van der Waals surface area (Å²) in [5.74, 6) is -0.408. The molecule has 1 atom stereocenters. The second-order valence-electron chi connectivity index (χ2n) is 5.87. The van der Waals surface area contributed by atoms with Crippen LogP contribution < -0.4 is 10.2 Å². The highest BCUT2D eigenvalue weighted by molar-refractivity contribution is 7.91. The van der Waals surface area contributed by atoms with Crippen molar-refractivity contribution in [3.8, 4) is 0 Å². The lowest BCUT2D eigenvalue weighted by Crippen LogP contribution is -2.44. The van der Waals surface area contributed by atoms with E-state index in [9.17, 15) is 17.6 Å². The van der Waals surface area contributed by atoms with E-state index in [1.165, 1.54) is 12.1 Å². The Bertz CT molecular complexity index is 629. The number of anilines is 1. The highest BCUT2D eigenvalue weighted by Gasteiger charge is 2.29. The van der Waals surface area contributed by atoms with E-state index in [0.717, 1.165) is 5.69 Å². The first-order valence-electron chi connectivity index (χ1n) is 7.29. The molecule has 22 heavy (non-hydrogen) atoms. The van der Waals surface area contributed by atoms with E-state index in [2.05, 4.69) is 5.32 Å². The number of halogens is 1. The first kappa shape index (κ1) is 16.7. The number of nitrogens with one attached hydrogen (secondary N) is 1. The van der Waals surface area contributed by atoms with Crippen molar-refractivity contribution in [1.29, 1.82) is 0 Å². The SMILES string of the molecule is CC(C)N(CC(=O)N[C@@H]1CCS(=O)(=O)C1)c1ccc(F)cc1. The molecule has 1 aliphatic rings. The minimum absolute atomic E-state index is 0.0109. The lowest BCUT2D eigenvalue weighted by Gasteiger charge is -2.29. The molecule has 1 saturated heterocycles. The molecule has 5 nitrogen and oxygen atoms in total. The van der Waals surface area contributed by atoms with E-state index in [1.54, 1.807) is 12.1 Å². The first-order valence-corrected chi connectivity index (χ1v) is 9.11. The van der Waals surface area contributed by atoms with Gasteiger partial charge in [0, 0.05) is 17.8 Å². The van der Waals surface area contributed by atoms with Crippen LogP contribution in [0.3, 0.4) is 0 Å². The van der Waals surface area contributed by atoms with Crippen LogP contribution in [-0.4, -0.2) is 44.5 Å². The second kappa shape index (κ2) is 6.64. The maximum Gasteiger partial charge on any atom is 0.239 e. The van der Waals surface area contributed by atoms with Gasteiger partial charge in [-0.3, -0.25) is 4.79 Å². The normalized spacial score (nSPS) is 20.1. The van der Waals surface area contributed by atoms with Crippen molar-refractivity contribution in [3.05, 3.63) is 30.1 Å². The number of amides is 1. The smallest absolute Gasteiger partial charge is 0.239 e. The van der Waals surface area contributed by atoms with E-state index in [0.29, 0.717) is 6.42 Å². The van der Waals surface area contributed by atoms with Gasteiger partial charge >= 0.3 is 0 Å². The maximum absolute atomic E-state index is 13.0. The van der Waals surface area contributed by atoms with Gasteiger partial charge in [0.15, 0.2) is 9.84 Å². The Balaban J connectivity index is 1.99. The van der Waals surface area contributed by atoms with E-state index in [-0.39, 0.29) is 41.9 Å². The summed E-state index contributed by atoms with van der Waals surface area (Å²) in [6.45, 7) is 3.99. The molecule has 0 spiro atoms. The number of nitrogens with zero attached hydrogens (tertiary/aromatic N) is 1. The zero-order chi connectivity index (χ0) is 16.3. The number of carbonyl (C=O) groups is 1. The van der Waals surface area contributed by atoms with Crippen LogP contribution in [0.5, 0.6) is 0 Å². The van der Waals surface area contributed by atoms with Crippen molar-refractivity contribution >= 4 is 21.4 Å². The lowest BCUT2D eigenvalue weighted by atomic mass is 10.2. The Morgan fingerprint density at radius 1 is 1.36 bits per heavy atom. The van der Waals surface area contributed by atoms with Gasteiger partial charge in [0.2, 0.25) is 5.91 Å². The van der Waals surface area contributed by atoms with Gasteiger partial charge < -0.3 is 10.2 Å². The van der Waals surface area contributed by atoms with Gasteiger partial charge in [0.1, 0.15) is 5.82 Å². The summed E-state index contributed by atoms with van der Waals surface area (Å²) < 4.78 is 35.8. The summed E-state index contributed by atoms with van der Waals surface area (Å²) in [6.07, 6.45) is 0.465. The Morgan fingerprint density at radius 2 is 2.00 bits per heavy atom. The van der Waals surface area contributed by atoms with Gasteiger partial charge in [0.05, 0.1) is 18.1 Å². The van der Waals surface area contributed by atoms with Crippen LogP contribution in [0.25, 0.3) is 0 Å². The van der Waals surface area contributed by atoms with Crippen LogP contribution in [0.15, 0.2) is 24.3 Å². The number of hydrogen-bond acceptors (Lipinski definition) is 4. The summed E-state index contributed by atoms with van der Waals surface area (Å²) in [5, 5.41) is 2.77. The van der Waals surface area contributed by atoms with Crippen molar-refractivity contribution in [2.45, 2.75) is 32.4 Å². The molecule has 0 radical (unpaired) electrons. The predicted molar refractivity (Wildman–Crippen MR) is 84.1 cm³/mol. The van der Waals surface area contributed by atoms with Gasteiger partial charge in [-0.2, -0.15) is 0 Å². The van der Waals surface area contributed by atoms with E-state index in [4.69, 9.17) is 0 Å². The zero-order valence-corrected chi connectivity index (χ0v) is 13.6. The van der Waals surface area contributed by atoms with Crippen LogP contribution in [0, 0.1) is 5.82 Å². The molecule has 0 aliphatic carbocycles. The average Bonchev–Trinajstić information content (AvgIpc) is 2.76. The third-order valence-corrected chi connectivity index (χ3v) is 5.46. The van der Waals surface area contributed by atoms with Crippen molar-refractivity contribution in [2.24, 2.45) is 0 Å². The summed E-state index contributed by atoms with van der Waals surface area (Å²) in [5.41, 5.74) is 0.755. The van der Waals surface area contributed by atoms with Crippen molar-refractivity contribution < 1.29 is 17.6 Å². The molecule has 1 amide bonds. The summed E-state index contributed by atoms with van der Waals surface area (Å²) >= 11 is 0. The molecule has 0 aromatic heterocycles. The van der Waals surface area contributed by atoms with Crippen LogP contribution >= 0.6 is 0 Å². The lowest BCUT2D eigenvalue weighted by molar-refractivity contribution is -0.120. The molecule has 0 bridgehead atoms. The molecule has 0 saturated carbocycles. The fraction of sp³-hybridized carbons (Fsp3) is 0.533. The third-order valence-electron chi connectivity index (χ3n) is 3.69. The monoisotopic (exact) mass is 328 g/mol. The van der Waals surface area contributed by atoms with E-state index < -0.39 is 9.84 Å². The predicted octanol–water partition coefficient (Wildman–Crippen LogP) is 1.34. The molecule has 1 fully saturated rings. The standard InChI is InChI=1S/C15H21FN2O3S/c1-11(2)18(14-5-3-12(16)4-6-14)9-15(19)17-13-7-8-22(20,21)10-13/h3-6,11,13H,7-10H2,1-2H3,(H,17,19)/t13-/m1/s1. The number of benzene rings is 1. The number of carbonyl (C=O) groups excluding carboxylic acids is 1. The van der Waals surface area contributed by atoms with Gasteiger partial charge in [-0.05, 0) is 44.5 Å². The maximum atomic E-state index is 13.0. The molecule has 1 aliphatic heterocycles. The highest BCUT2D eigenvalue weighted by Crippen LogP contribution is 2.17. The minimum atomic E-state index is -3.01. The summed E-state index contributed by atoms with van der Waals surface area (Å²) in [6, 6.07) is 5.71. The number of hydrogen-bond donors (Lipinski definition) is 1. The minimum Gasteiger partial charge on any atom is -0.360 e. The molecular weight excluding hydrogens is 307 g/mol. The fourth-order valence-electron chi connectivity index (χ4n) is 2.54. The quantitative estimate of drug-likeness (QED) is 0.886. The Labute approximate surface area is 130 Å². The third kappa shape index (κ3) is 4.43. The molecule has 0 unspecified atom stereocenters. The Morgan fingerprint density at radius 3 is 2.50 bits per heavy atom. The zero-order valence-electron chi connectivity index (χ0n) is 12.8. The molecule has 1 aromatic carbocycles. The van der Waals surface area contributed by atoms with Gasteiger partial charge in [-0.1, -0.05) is 0 Å². The molecule has 7 heteroatoms. The topological polar surface area (TPSA) is 66.5 Å². The highest BCUT2D eigenvalue weighted by atomic mass is 32.2. The van der Waals surface area contributed by atoms with Gasteiger partial charge in [0.25, 0.3) is 0 Å². The van der Waals surface area contributed by atoms with E-state index in [1.807, 2.05) is 18.7 Å². The average molecular weight is 328 g/mol. The molecule has 1 aromatic rings. The van der Waals surface area contributed by atoms with E-state index >= 15 is 0 Å². The Kier molecular flexibility index (Phi) is 5.05. The number of rotatable bonds is 5. The number of sulfone groups is 1. The van der Waals surface area contributed by atoms with Crippen molar-refractivity contribution in [3.63, 3.8) is 0 Å².